The van der Waals surface area contributed by atoms with Crippen LogP contribution in [0.1, 0.15) is 0 Å². The van der Waals surface area contributed by atoms with Crippen molar-refractivity contribution in [2.24, 2.45) is 0 Å². The van der Waals surface area contributed by atoms with Crippen LogP contribution in [0, 0.1) is 0 Å². The Hall–Kier alpha value is -1.84. The lowest BCUT2D eigenvalue weighted by Crippen LogP contribution is -2.11. The van der Waals surface area contributed by atoms with E-state index < -0.39 is 10.0 Å². The number of thiazole rings is 1. The normalized spacial score (nSPS) is 11.7. The maximum absolute atomic E-state index is 12.2. The SMILES string of the molecule is COc1ccc2nc(NS(=O)(=O)c3cc(N)cs3)sc2c1. The second kappa shape index (κ2) is 5.17. The number of nitrogen functional groups attached to an aromatic ring is 1. The molecule has 0 fully saturated rings. The summed E-state index contributed by atoms with van der Waals surface area (Å²) in [7, 11) is -2.07. The van der Waals surface area contributed by atoms with Crippen LogP contribution in [-0.2, 0) is 10.0 Å². The van der Waals surface area contributed by atoms with Crippen molar-refractivity contribution in [1.29, 1.82) is 0 Å². The molecule has 3 rings (SSSR count). The average Bonchev–Trinajstić information content (AvgIpc) is 3.03. The van der Waals surface area contributed by atoms with Gasteiger partial charge in [0.05, 0.1) is 17.3 Å². The minimum absolute atomic E-state index is 0.164. The maximum Gasteiger partial charge on any atom is 0.273 e. The zero-order chi connectivity index (χ0) is 15.0. The molecule has 21 heavy (non-hydrogen) atoms. The zero-order valence-electron chi connectivity index (χ0n) is 10.9. The molecule has 0 spiro atoms. The van der Waals surface area contributed by atoms with Crippen LogP contribution in [-0.4, -0.2) is 20.5 Å². The van der Waals surface area contributed by atoms with Gasteiger partial charge in [0.1, 0.15) is 9.96 Å². The number of ether oxygens (including phenoxy) is 1. The van der Waals surface area contributed by atoms with Gasteiger partial charge in [0.25, 0.3) is 10.0 Å². The van der Waals surface area contributed by atoms with E-state index in [1.54, 1.807) is 24.6 Å². The van der Waals surface area contributed by atoms with Crippen LogP contribution in [0.25, 0.3) is 10.2 Å². The highest BCUT2D eigenvalue weighted by atomic mass is 32.2. The first-order chi connectivity index (χ1) is 9.98. The number of nitrogens with one attached hydrogen (secondary N) is 1. The molecule has 1 aromatic carbocycles. The maximum atomic E-state index is 12.2. The van der Waals surface area contributed by atoms with Crippen molar-refractivity contribution in [3.8, 4) is 5.75 Å². The van der Waals surface area contributed by atoms with E-state index >= 15 is 0 Å². The lowest BCUT2D eigenvalue weighted by molar-refractivity contribution is 0.415. The van der Waals surface area contributed by atoms with Crippen molar-refractivity contribution in [1.82, 2.24) is 4.98 Å². The highest BCUT2D eigenvalue weighted by Gasteiger charge is 2.18. The van der Waals surface area contributed by atoms with E-state index in [9.17, 15) is 8.42 Å². The second-order valence-electron chi connectivity index (χ2n) is 4.16. The number of nitrogens with zero attached hydrogens (tertiary/aromatic N) is 1. The van der Waals surface area contributed by atoms with Gasteiger partial charge in [-0.3, -0.25) is 4.72 Å². The predicted octanol–water partition coefficient (Wildman–Crippen LogP) is 2.75. The predicted molar refractivity (Wildman–Crippen MR) is 85.7 cm³/mol. The highest BCUT2D eigenvalue weighted by Crippen LogP contribution is 2.31. The summed E-state index contributed by atoms with van der Waals surface area (Å²) < 4.78 is 33.0. The number of sulfonamides is 1. The Bertz CT molecular complexity index is 899. The van der Waals surface area contributed by atoms with Gasteiger partial charge in [0.2, 0.25) is 0 Å². The van der Waals surface area contributed by atoms with Crippen molar-refractivity contribution in [3.63, 3.8) is 0 Å². The number of benzene rings is 1. The van der Waals surface area contributed by atoms with Crippen LogP contribution in [0.2, 0.25) is 0 Å². The van der Waals surface area contributed by atoms with E-state index in [4.69, 9.17) is 10.5 Å². The van der Waals surface area contributed by atoms with Crippen LogP contribution in [0.4, 0.5) is 10.8 Å². The molecule has 110 valence electrons. The van der Waals surface area contributed by atoms with Crippen molar-refractivity contribution >= 4 is 53.7 Å². The molecule has 0 atom stereocenters. The lowest BCUT2D eigenvalue weighted by Gasteiger charge is -2.00. The summed E-state index contributed by atoms with van der Waals surface area (Å²) in [6.07, 6.45) is 0. The van der Waals surface area contributed by atoms with Crippen LogP contribution in [0.5, 0.6) is 5.75 Å². The molecule has 0 saturated carbocycles. The van der Waals surface area contributed by atoms with E-state index in [0.717, 1.165) is 16.0 Å². The molecule has 3 aromatic rings. The number of methoxy groups -OCH3 is 1. The van der Waals surface area contributed by atoms with E-state index in [1.165, 1.54) is 17.4 Å². The number of fused-ring (bicyclic) bond motifs is 1. The van der Waals surface area contributed by atoms with Gasteiger partial charge in [-0.05, 0) is 24.3 Å². The number of nitrogens with two attached hydrogens (primary N) is 1. The van der Waals surface area contributed by atoms with Gasteiger partial charge in [0, 0.05) is 11.1 Å². The third-order valence-electron chi connectivity index (χ3n) is 2.68. The number of thiophene rings is 1. The van der Waals surface area contributed by atoms with E-state index in [-0.39, 0.29) is 4.21 Å². The Kier molecular flexibility index (Phi) is 3.47. The molecular formula is C12H11N3O3S3. The van der Waals surface area contributed by atoms with Crippen LogP contribution in [0.3, 0.4) is 0 Å². The lowest BCUT2D eigenvalue weighted by atomic mass is 10.3. The molecule has 2 aromatic heterocycles. The summed E-state index contributed by atoms with van der Waals surface area (Å²) in [6, 6.07) is 6.79. The summed E-state index contributed by atoms with van der Waals surface area (Å²) in [5, 5.41) is 1.89. The molecule has 0 radical (unpaired) electrons. The fourth-order valence-corrected chi connectivity index (χ4v) is 4.92. The number of rotatable bonds is 4. The van der Waals surface area contributed by atoms with Crippen LogP contribution >= 0.6 is 22.7 Å². The first-order valence-electron chi connectivity index (χ1n) is 5.79. The van der Waals surface area contributed by atoms with Crippen LogP contribution in [0.15, 0.2) is 33.9 Å². The molecule has 0 unspecified atom stereocenters. The molecule has 0 amide bonds. The van der Waals surface area contributed by atoms with Crippen molar-refractivity contribution in [2.75, 3.05) is 17.6 Å². The largest absolute Gasteiger partial charge is 0.497 e. The van der Waals surface area contributed by atoms with Gasteiger partial charge < -0.3 is 10.5 Å². The molecule has 0 aliphatic rings. The van der Waals surface area contributed by atoms with Gasteiger partial charge in [-0.2, -0.15) is 0 Å². The quantitative estimate of drug-likeness (QED) is 0.761. The summed E-state index contributed by atoms with van der Waals surface area (Å²) in [6.45, 7) is 0. The van der Waals surface area contributed by atoms with Gasteiger partial charge in [-0.25, -0.2) is 13.4 Å². The molecule has 6 nitrogen and oxygen atoms in total. The molecular weight excluding hydrogens is 330 g/mol. The third kappa shape index (κ3) is 2.80. The summed E-state index contributed by atoms with van der Waals surface area (Å²) in [5.74, 6) is 0.701. The summed E-state index contributed by atoms with van der Waals surface area (Å²) in [5.41, 5.74) is 6.69. The fraction of sp³-hybridized carbons (Fsp3) is 0.0833. The Labute approximate surface area is 129 Å². The van der Waals surface area contributed by atoms with E-state index in [1.807, 2.05) is 6.07 Å². The van der Waals surface area contributed by atoms with Crippen molar-refractivity contribution in [2.45, 2.75) is 4.21 Å². The summed E-state index contributed by atoms with van der Waals surface area (Å²) >= 11 is 2.32. The first kappa shape index (κ1) is 14.1. The first-order valence-corrected chi connectivity index (χ1v) is 8.97. The molecule has 0 aliphatic carbocycles. The molecule has 2 heterocycles. The van der Waals surface area contributed by atoms with Gasteiger partial charge in [-0.1, -0.05) is 11.3 Å². The van der Waals surface area contributed by atoms with E-state index in [2.05, 4.69) is 9.71 Å². The summed E-state index contributed by atoms with van der Waals surface area (Å²) in [4.78, 5) is 4.25. The van der Waals surface area contributed by atoms with Crippen LogP contribution < -0.4 is 15.2 Å². The number of hydrogen-bond acceptors (Lipinski definition) is 7. The number of anilines is 2. The zero-order valence-corrected chi connectivity index (χ0v) is 13.3. The van der Waals surface area contributed by atoms with Gasteiger partial charge >= 0.3 is 0 Å². The molecule has 0 saturated heterocycles. The third-order valence-corrected chi connectivity index (χ3v) is 6.54. The van der Waals surface area contributed by atoms with Crippen molar-refractivity contribution < 1.29 is 13.2 Å². The van der Waals surface area contributed by atoms with Gasteiger partial charge in [0.15, 0.2) is 5.13 Å². The minimum Gasteiger partial charge on any atom is -0.497 e. The number of aromatic nitrogens is 1. The Morgan fingerprint density at radius 1 is 1.33 bits per heavy atom. The standard InChI is InChI=1S/C12H11N3O3S3/c1-18-8-2-3-9-10(5-8)20-12(14-9)15-21(16,17)11-4-7(13)6-19-11/h2-6H,13H2,1H3,(H,14,15). The Balaban J connectivity index is 1.94. The van der Waals surface area contributed by atoms with Gasteiger partial charge in [-0.15, -0.1) is 11.3 Å². The topological polar surface area (TPSA) is 94.3 Å². The smallest absolute Gasteiger partial charge is 0.273 e. The number of hydrogen-bond donors (Lipinski definition) is 2. The molecule has 0 bridgehead atoms. The fourth-order valence-electron chi connectivity index (χ4n) is 1.71. The second-order valence-corrected chi connectivity index (χ2v) is 8.01. The minimum atomic E-state index is -3.65. The Morgan fingerprint density at radius 3 is 2.81 bits per heavy atom. The Morgan fingerprint density at radius 2 is 2.14 bits per heavy atom. The molecule has 3 N–H and O–H groups in total. The monoisotopic (exact) mass is 341 g/mol. The van der Waals surface area contributed by atoms with E-state index in [0.29, 0.717) is 22.1 Å². The molecule has 9 heteroatoms. The van der Waals surface area contributed by atoms with Crippen molar-refractivity contribution in [3.05, 3.63) is 29.6 Å². The highest BCUT2D eigenvalue weighted by molar-refractivity contribution is 7.94. The molecule has 0 aliphatic heterocycles. The average molecular weight is 341 g/mol.